The van der Waals surface area contributed by atoms with E-state index in [0.717, 1.165) is 6.42 Å². The number of nitrogens with two attached hydrogens (primary N) is 1. The molecule has 0 amide bonds. The fourth-order valence-corrected chi connectivity index (χ4v) is 0.952. The van der Waals surface area contributed by atoms with Crippen molar-refractivity contribution in [1.82, 2.24) is 10.1 Å². The Kier molecular flexibility index (Phi) is 3.39. The molecule has 5 nitrogen and oxygen atoms in total. The standard InChI is InChI=1S/C8H15N3O2/c1-5(2)3-7-10-8(13-11-7)6(12)4-9/h5-6,12H,3-4,9H2,1-2H3/t6-/m0/s1. The highest BCUT2D eigenvalue weighted by Gasteiger charge is 2.14. The number of aromatic nitrogens is 2. The number of aliphatic hydroxyl groups excluding tert-OH is 1. The monoisotopic (exact) mass is 185 g/mol. The molecule has 0 bridgehead atoms. The van der Waals surface area contributed by atoms with Crippen LogP contribution in [-0.4, -0.2) is 21.8 Å². The minimum Gasteiger partial charge on any atom is -0.382 e. The van der Waals surface area contributed by atoms with Crippen LogP contribution in [0.1, 0.15) is 31.7 Å². The fraction of sp³-hybridized carbons (Fsp3) is 0.750. The molecule has 0 saturated heterocycles. The molecule has 0 fully saturated rings. The molecule has 0 aliphatic carbocycles. The van der Waals surface area contributed by atoms with Gasteiger partial charge in [0.15, 0.2) is 5.82 Å². The molecule has 0 aliphatic heterocycles. The summed E-state index contributed by atoms with van der Waals surface area (Å²) >= 11 is 0. The summed E-state index contributed by atoms with van der Waals surface area (Å²) in [5, 5.41) is 13.0. The molecule has 1 atom stereocenters. The summed E-state index contributed by atoms with van der Waals surface area (Å²) in [6.07, 6.45) is -0.0886. The number of hydrogen-bond acceptors (Lipinski definition) is 5. The molecule has 1 rings (SSSR count). The van der Waals surface area contributed by atoms with Crippen molar-refractivity contribution in [2.24, 2.45) is 11.7 Å². The molecule has 1 aromatic rings. The average molecular weight is 185 g/mol. The van der Waals surface area contributed by atoms with Gasteiger partial charge in [-0.2, -0.15) is 4.98 Å². The van der Waals surface area contributed by atoms with Crippen LogP contribution in [0.3, 0.4) is 0 Å². The third kappa shape index (κ3) is 2.78. The maximum Gasteiger partial charge on any atom is 0.256 e. The van der Waals surface area contributed by atoms with Crippen LogP contribution < -0.4 is 5.73 Å². The summed E-state index contributed by atoms with van der Waals surface area (Å²) in [6.45, 7) is 4.23. The lowest BCUT2D eigenvalue weighted by Crippen LogP contribution is -2.11. The van der Waals surface area contributed by atoms with Crippen molar-refractivity contribution < 1.29 is 9.63 Å². The van der Waals surface area contributed by atoms with Crippen LogP contribution in [0, 0.1) is 5.92 Å². The molecule has 3 N–H and O–H groups in total. The van der Waals surface area contributed by atoms with Crippen LogP contribution in [0.2, 0.25) is 0 Å². The van der Waals surface area contributed by atoms with E-state index >= 15 is 0 Å². The second kappa shape index (κ2) is 4.34. The van der Waals surface area contributed by atoms with Crippen molar-refractivity contribution in [3.8, 4) is 0 Å². The molecule has 5 heteroatoms. The second-order valence-electron chi connectivity index (χ2n) is 3.40. The van der Waals surface area contributed by atoms with Crippen molar-refractivity contribution in [2.45, 2.75) is 26.4 Å². The van der Waals surface area contributed by atoms with E-state index in [1.807, 2.05) is 0 Å². The van der Waals surface area contributed by atoms with Crippen molar-refractivity contribution in [3.05, 3.63) is 11.7 Å². The first kappa shape index (κ1) is 10.1. The van der Waals surface area contributed by atoms with E-state index in [2.05, 4.69) is 24.0 Å². The molecule has 1 aromatic heterocycles. The average Bonchev–Trinajstić information content (AvgIpc) is 2.50. The van der Waals surface area contributed by atoms with E-state index in [1.54, 1.807) is 0 Å². The van der Waals surface area contributed by atoms with Crippen LogP contribution in [-0.2, 0) is 6.42 Å². The molecule has 74 valence electrons. The van der Waals surface area contributed by atoms with Crippen LogP contribution in [0.5, 0.6) is 0 Å². The van der Waals surface area contributed by atoms with Gasteiger partial charge in [0.05, 0.1) is 0 Å². The molecule has 0 aromatic carbocycles. The molecular formula is C8H15N3O2. The van der Waals surface area contributed by atoms with Gasteiger partial charge < -0.3 is 15.4 Å². The number of rotatable bonds is 4. The summed E-state index contributed by atoms with van der Waals surface area (Å²) < 4.78 is 4.83. The lowest BCUT2D eigenvalue weighted by molar-refractivity contribution is 0.141. The van der Waals surface area contributed by atoms with Crippen molar-refractivity contribution in [3.63, 3.8) is 0 Å². The van der Waals surface area contributed by atoms with E-state index < -0.39 is 6.10 Å². The Bertz CT molecular complexity index is 260. The first-order valence-corrected chi connectivity index (χ1v) is 4.34. The zero-order valence-electron chi connectivity index (χ0n) is 7.90. The Balaban J connectivity index is 2.63. The Labute approximate surface area is 76.9 Å². The van der Waals surface area contributed by atoms with Gasteiger partial charge in [-0.1, -0.05) is 19.0 Å². The number of aliphatic hydroxyl groups is 1. The van der Waals surface area contributed by atoms with Crippen molar-refractivity contribution in [2.75, 3.05) is 6.54 Å². The van der Waals surface area contributed by atoms with E-state index in [1.165, 1.54) is 0 Å². The first-order valence-electron chi connectivity index (χ1n) is 4.34. The van der Waals surface area contributed by atoms with Gasteiger partial charge in [0.1, 0.15) is 6.10 Å². The predicted octanol–water partition coefficient (Wildman–Crippen LogP) is 0.260. The number of nitrogens with zero attached hydrogens (tertiary/aromatic N) is 2. The highest BCUT2D eigenvalue weighted by molar-refractivity contribution is 4.90. The smallest absolute Gasteiger partial charge is 0.256 e. The molecule has 0 unspecified atom stereocenters. The highest BCUT2D eigenvalue weighted by atomic mass is 16.5. The normalized spacial score (nSPS) is 13.6. The molecule has 0 saturated carbocycles. The molecule has 0 aliphatic rings. The summed E-state index contributed by atoms with van der Waals surface area (Å²) in [7, 11) is 0. The zero-order valence-corrected chi connectivity index (χ0v) is 7.90. The topological polar surface area (TPSA) is 85.2 Å². The van der Waals surface area contributed by atoms with Crippen LogP contribution in [0.4, 0.5) is 0 Å². The maximum absolute atomic E-state index is 9.26. The van der Waals surface area contributed by atoms with E-state index in [0.29, 0.717) is 11.7 Å². The Morgan fingerprint density at radius 2 is 2.23 bits per heavy atom. The van der Waals surface area contributed by atoms with Gasteiger partial charge in [-0.3, -0.25) is 0 Å². The first-order chi connectivity index (χ1) is 6.13. The summed E-state index contributed by atoms with van der Waals surface area (Å²) in [6, 6.07) is 0. The van der Waals surface area contributed by atoms with E-state index in [4.69, 9.17) is 10.3 Å². The summed E-state index contributed by atoms with van der Waals surface area (Å²) in [5.41, 5.74) is 5.24. The third-order valence-electron chi connectivity index (χ3n) is 1.58. The van der Waals surface area contributed by atoms with Gasteiger partial charge in [-0.25, -0.2) is 0 Å². The van der Waals surface area contributed by atoms with Gasteiger partial charge in [0.25, 0.3) is 5.89 Å². The predicted molar refractivity (Wildman–Crippen MR) is 46.9 cm³/mol. The lowest BCUT2D eigenvalue weighted by Gasteiger charge is -1.98. The number of hydrogen-bond donors (Lipinski definition) is 2. The lowest BCUT2D eigenvalue weighted by atomic mass is 10.1. The molecule has 1 heterocycles. The molecule has 13 heavy (non-hydrogen) atoms. The molecule has 0 radical (unpaired) electrons. The van der Waals surface area contributed by atoms with Gasteiger partial charge in [-0.05, 0) is 5.92 Å². The van der Waals surface area contributed by atoms with Gasteiger partial charge in [0.2, 0.25) is 0 Å². The van der Waals surface area contributed by atoms with Crippen molar-refractivity contribution in [1.29, 1.82) is 0 Å². The van der Waals surface area contributed by atoms with E-state index in [-0.39, 0.29) is 12.4 Å². The molecular weight excluding hydrogens is 170 g/mol. The second-order valence-corrected chi connectivity index (χ2v) is 3.40. The Morgan fingerprint density at radius 3 is 2.77 bits per heavy atom. The quantitative estimate of drug-likeness (QED) is 0.702. The van der Waals surface area contributed by atoms with Crippen molar-refractivity contribution >= 4 is 0 Å². The van der Waals surface area contributed by atoms with Crippen LogP contribution >= 0.6 is 0 Å². The van der Waals surface area contributed by atoms with Gasteiger partial charge in [-0.15, -0.1) is 0 Å². The summed E-state index contributed by atoms with van der Waals surface area (Å²) in [5.74, 6) is 1.30. The maximum atomic E-state index is 9.26. The van der Waals surface area contributed by atoms with E-state index in [9.17, 15) is 5.11 Å². The zero-order chi connectivity index (χ0) is 9.84. The fourth-order valence-electron chi connectivity index (χ4n) is 0.952. The molecule has 0 spiro atoms. The minimum absolute atomic E-state index is 0.101. The summed E-state index contributed by atoms with van der Waals surface area (Å²) in [4.78, 5) is 4.01. The Morgan fingerprint density at radius 1 is 1.54 bits per heavy atom. The van der Waals surface area contributed by atoms with Crippen LogP contribution in [0.15, 0.2) is 4.52 Å². The third-order valence-corrected chi connectivity index (χ3v) is 1.58. The van der Waals surface area contributed by atoms with Gasteiger partial charge >= 0.3 is 0 Å². The van der Waals surface area contributed by atoms with Crippen LogP contribution in [0.25, 0.3) is 0 Å². The minimum atomic E-state index is -0.839. The van der Waals surface area contributed by atoms with Gasteiger partial charge in [0, 0.05) is 13.0 Å². The Hall–Kier alpha value is -0.940. The largest absolute Gasteiger partial charge is 0.382 e. The SMILES string of the molecule is CC(C)Cc1noc([C@@H](O)CN)n1. The highest BCUT2D eigenvalue weighted by Crippen LogP contribution is 2.10.